The fourth-order valence-corrected chi connectivity index (χ4v) is 1.84. The van der Waals surface area contributed by atoms with Crippen molar-refractivity contribution >= 4 is 11.4 Å². The van der Waals surface area contributed by atoms with Crippen LogP contribution in [0.1, 0.15) is 26.7 Å². The van der Waals surface area contributed by atoms with Crippen LogP contribution in [0.5, 0.6) is 5.75 Å². The van der Waals surface area contributed by atoms with Crippen LogP contribution in [-0.2, 0) is 4.74 Å². The van der Waals surface area contributed by atoms with Gasteiger partial charge >= 0.3 is 5.69 Å². The number of anilines is 1. The van der Waals surface area contributed by atoms with Gasteiger partial charge in [-0.2, -0.15) is 0 Å². The van der Waals surface area contributed by atoms with Crippen LogP contribution in [0.4, 0.5) is 11.4 Å². The molecule has 0 aliphatic heterocycles. The highest BCUT2D eigenvalue weighted by molar-refractivity contribution is 5.68. The predicted octanol–water partition coefficient (Wildman–Crippen LogP) is 3.22. The van der Waals surface area contributed by atoms with Gasteiger partial charge in [0, 0.05) is 13.2 Å². The Hall–Kier alpha value is -1.82. The SMILES string of the molecule is CCCOc1cccc(NC(CC)COC)c1[N+](=O)[O-]. The minimum atomic E-state index is -0.410. The van der Waals surface area contributed by atoms with Crippen LogP contribution in [-0.4, -0.2) is 31.3 Å². The van der Waals surface area contributed by atoms with Crippen molar-refractivity contribution in [3.63, 3.8) is 0 Å². The average molecular weight is 282 g/mol. The predicted molar refractivity (Wildman–Crippen MR) is 78.5 cm³/mol. The minimum Gasteiger partial charge on any atom is -0.487 e. The molecule has 0 spiro atoms. The van der Waals surface area contributed by atoms with E-state index in [4.69, 9.17) is 9.47 Å². The Morgan fingerprint density at radius 2 is 2.15 bits per heavy atom. The van der Waals surface area contributed by atoms with E-state index in [1.54, 1.807) is 25.3 Å². The number of rotatable bonds is 9. The van der Waals surface area contributed by atoms with Gasteiger partial charge in [0.2, 0.25) is 0 Å². The molecular weight excluding hydrogens is 260 g/mol. The van der Waals surface area contributed by atoms with Crippen molar-refractivity contribution in [3.8, 4) is 5.75 Å². The molecule has 1 unspecified atom stereocenters. The third kappa shape index (κ3) is 4.38. The number of ether oxygens (including phenoxy) is 2. The van der Waals surface area contributed by atoms with Crippen LogP contribution in [0.15, 0.2) is 18.2 Å². The molecule has 112 valence electrons. The van der Waals surface area contributed by atoms with Gasteiger partial charge in [-0.25, -0.2) is 0 Å². The van der Waals surface area contributed by atoms with Crippen molar-refractivity contribution in [1.82, 2.24) is 0 Å². The molecule has 0 aromatic heterocycles. The van der Waals surface area contributed by atoms with Crippen LogP contribution in [0.3, 0.4) is 0 Å². The van der Waals surface area contributed by atoms with Gasteiger partial charge in [0.05, 0.1) is 18.1 Å². The van der Waals surface area contributed by atoms with Gasteiger partial charge in [0.15, 0.2) is 5.75 Å². The number of nitro groups is 1. The first-order valence-electron chi connectivity index (χ1n) is 6.79. The van der Waals surface area contributed by atoms with Crippen LogP contribution in [0.25, 0.3) is 0 Å². The number of nitro benzene ring substituents is 1. The lowest BCUT2D eigenvalue weighted by atomic mass is 10.2. The summed E-state index contributed by atoms with van der Waals surface area (Å²) in [5.41, 5.74) is 0.447. The monoisotopic (exact) mass is 282 g/mol. The average Bonchev–Trinajstić information content (AvgIpc) is 2.44. The number of hydrogen-bond acceptors (Lipinski definition) is 5. The number of hydrogen-bond donors (Lipinski definition) is 1. The number of nitrogens with zero attached hydrogens (tertiary/aromatic N) is 1. The van der Waals surface area contributed by atoms with Crippen molar-refractivity contribution in [3.05, 3.63) is 28.3 Å². The van der Waals surface area contributed by atoms with Crippen LogP contribution < -0.4 is 10.1 Å². The zero-order valence-corrected chi connectivity index (χ0v) is 12.2. The molecule has 20 heavy (non-hydrogen) atoms. The zero-order valence-electron chi connectivity index (χ0n) is 12.2. The molecule has 6 heteroatoms. The summed E-state index contributed by atoms with van der Waals surface area (Å²) in [5.74, 6) is 0.300. The Labute approximate surface area is 119 Å². The highest BCUT2D eigenvalue weighted by atomic mass is 16.6. The summed E-state index contributed by atoms with van der Waals surface area (Å²) in [5, 5.41) is 14.4. The van der Waals surface area contributed by atoms with E-state index in [2.05, 4.69) is 5.32 Å². The molecular formula is C14H22N2O4. The topological polar surface area (TPSA) is 73.6 Å². The summed E-state index contributed by atoms with van der Waals surface area (Å²) in [6, 6.07) is 5.09. The smallest absolute Gasteiger partial charge is 0.333 e. The standard InChI is InChI=1S/C14H22N2O4/c1-4-9-20-13-8-6-7-12(14(13)16(17)18)15-11(5-2)10-19-3/h6-8,11,15H,4-5,9-10H2,1-3H3. The summed E-state index contributed by atoms with van der Waals surface area (Å²) in [6.45, 7) is 4.91. The van der Waals surface area contributed by atoms with E-state index in [-0.39, 0.29) is 11.7 Å². The molecule has 0 saturated carbocycles. The fraction of sp³-hybridized carbons (Fsp3) is 0.571. The lowest BCUT2D eigenvalue weighted by Gasteiger charge is -2.18. The molecule has 6 nitrogen and oxygen atoms in total. The molecule has 1 rings (SSSR count). The largest absolute Gasteiger partial charge is 0.487 e. The molecule has 0 saturated heterocycles. The molecule has 0 heterocycles. The number of para-hydroxylation sites is 1. The molecule has 0 amide bonds. The number of nitrogens with one attached hydrogen (secondary N) is 1. The van der Waals surface area contributed by atoms with Gasteiger partial charge in [-0.05, 0) is 25.0 Å². The Morgan fingerprint density at radius 1 is 1.40 bits per heavy atom. The van der Waals surface area contributed by atoms with E-state index < -0.39 is 4.92 Å². The van der Waals surface area contributed by atoms with Crippen LogP contribution in [0.2, 0.25) is 0 Å². The molecule has 0 fully saturated rings. The van der Waals surface area contributed by atoms with Gasteiger partial charge in [0.1, 0.15) is 5.69 Å². The minimum absolute atomic E-state index is 0.0181. The first-order valence-corrected chi connectivity index (χ1v) is 6.79. The Balaban J connectivity index is 3.02. The lowest BCUT2D eigenvalue weighted by molar-refractivity contribution is -0.385. The second kappa shape index (κ2) is 8.37. The number of benzene rings is 1. The van der Waals surface area contributed by atoms with Crippen molar-refractivity contribution in [2.75, 3.05) is 25.6 Å². The van der Waals surface area contributed by atoms with E-state index in [1.807, 2.05) is 13.8 Å². The van der Waals surface area contributed by atoms with E-state index in [9.17, 15) is 10.1 Å². The van der Waals surface area contributed by atoms with E-state index in [0.29, 0.717) is 24.7 Å². The van der Waals surface area contributed by atoms with Gasteiger partial charge in [0.25, 0.3) is 0 Å². The molecule has 0 aliphatic rings. The van der Waals surface area contributed by atoms with Crippen molar-refractivity contribution < 1.29 is 14.4 Å². The third-order valence-electron chi connectivity index (χ3n) is 2.86. The summed E-state index contributed by atoms with van der Waals surface area (Å²) in [6.07, 6.45) is 1.61. The fourth-order valence-electron chi connectivity index (χ4n) is 1.84. The highest BCUT2D eigenvalue weighted by Gasteiger charge is 2.22. The molecule has 0 aliphatic carbocycles. The maximum atomic E-state index is 11.3. The molecule has 1 atom stereocenters. The van der Waals surface area contributed by atoms with Crippen LogP contribution >= 0.6 is 0 Å². The first-order chi connectivity index (χ1) is 9.63. The highest BCUT2D eigenvalue weighted by Crippen LogP contribution is 2.35. The van der Waals surface area contributed by atoms with E-state index in [1.165, 1.54) is 0 Å². The maximum Gasteiger partial charge on any atom is 0.333 e. The van der Waals surface area contributed by atoms with E-state index in [0.717, 1.165) is 12.8 Å². The van der Waals surface area contributed by atoms with Crippen molar-refractivity contribution in [2.24, 2.45) is 0 Å². The zero-order chi connectivity index (χ0) is 15.0. The van der Waals surface area contributed by atoms with E-state index >= 15 is 0 Å². The summed E-state index contributed by atoms with van der Waals surface area (Å²) < 4.78 is 10.5. The van der Waals surface area contributed by atoms with Crippen molar-refractivity contribution in [2.45, 2.75) is 32.7 Å². The third-order valence-corrected chi connectivity index (χ3v) is 2.86. The molecule has 1 N–H and O–H groups in total. The second-order valence-electron chi connectivity index (χ2n) is 4.46. The summed E-state index contributed by atoms with van der Waals surface area (Å²) in [4.78, 5) is 10.9. The molecule has 1 aromatic carbocycles. The quantitative estimate of drug-likeness (QED) is 0.556. The molecule has 0 radical (unpaired) electrons. The normalized spacial score (nSPS) is 11.9. The van der Waals surface area contributed by atoms with Gasteiger partial charge in [-0.15, -0.1) is 0 Å². The van der Waals surface area contributed by atoms with Gasteiger partial charge in [-0.3, -0.25) is 10.1 Å². The second-order valence-corrected chi connectivity index (χ2v) is 4.46. The van der Waals surface area contributed by atoms with Crippen LogP contribution in [0, 0.1) is 10.1 Å². The lowest BCUT2D eigenvalue weighted by Crippen LogP contribution is -2.24. The first kappa shape index (κ1) is 16.2. The Bertz CT molecular complexity index is 437. The van der Waals surface area contributed by atoms with Gasteiger partial charge in [-0.1, -0.05) is 19.9 Å². The summed E-state index contributed by atoms with van der Waals surface area (Å²) in [7, 11) is 1.61. The Kier molecular flexibility index (Phi) is 6.79. The molecule has 1 aromatic rings. The summed E-state index contributed by atoms with van der Waals surface area (Å²) >= 11 is 0. The molecule has 0 bridgehead atoms. The van der Waals surface area contributed by atoms with Crippen molar-refractivity contribution in [1.29, 1.82) is 0 Å². The Morgan fingerprint density at radius 3 is 2.70 bits per heavy atom. The maximum absolute atomic E-state index is 11.3. The van der Waals surface area contributed by atoms with Gasteiger partial charge < -0.3 is 14.8 Å². The number of methoxy groups -OCH3 is 1.